The summed E-state index contributed by atoms with van der Waals surface area (Å²) in [5.41, 5.74) is 0. The van der Waals surface area contributed by atoms with Crippen molar-refractivity contribution < 1.29 is 4.74 Å². The summed E-state index contributed by atoms with van der Waals surface area (Å²) >= 11 is 2.38. The van der Waals surface area contributed by atoms with Crippen molar-refractivity contribution in [3.8, 4) is 0 Å². The second-order valence-corrected chi connectivity index (χ2v) is 4.05. The second-order valence-electron chi connectivity index (χ2n) is 3.37. The molecule has 12 heavy (non-hydrogen) atoms. The maximum absolute atomic E-state index is 5.13. The summed E-state index contributed by atoms with van der Waals surface area (Å²) in [5, 5.41) is 0. The molecule has 1 aliphatic rings. The van der Waals surface area contributed by atoms with Gasteiger partial charge in [0.2, 0.25) is 0 Å². The lowest BCUT2D eigenvalue weighted by molar-refractivity contribution is -0.0569. The van der Waals surface area contributed by atoms with E-state index in [0.29, 0.717) is 6.04 Å². The van der Waals surface area contributed by atoms with Crippen molar-refractivity contribution in [3.05, 3.63) is 0 Å². The number of ether oxygens (including phenoxy) is 1. The standard InChI is InChI=1S/C8H17IN2O/c1-10(7-9)3-4-11(2)8-5-12-6-8/h8H,3-7H2,1-2H3. The number of nitrogens with zero attached hydrogens (tertiary/aromatic N) is 2. The first-order valence-electron chi connectivity index (χ1n) is 4.26. The van der Waals surface area contributed by atoms with E-state index < -0.39 is 0 Å². The molecular formula is C8H17IN2O. The van der Waals surface area contributed by atoms with E-state index in [4.69, 9.17) is 4.74 Å². The van der Waals surface area contributed by atoms with Crippen molar-refractivity contribution in [2.45, 2.75) is 6.04 Å². The number of rotatable bonds is 5. The summed E-state index contributed by atoms with van der Waals surface area (Å²) in [6.45, 7) is 4.14. The third-order valence-corrected chi connectivity index (χ3v) is 3.45. The van der Waals surface area contributed by atoms with Crippen LogP contribution in [0.3, 0.4) is 0 Å². The van der Waals surface area contributed by atoms with Crippen LogP contribution in [0.25, 0.3) is 0 Å². The normalized spacial score (nSPS) is 18.8. The molecule has 0 atom stereocenters. The van der Waals surface area contributed by atoms with Gasteiger partial charge in [-0.05, 0) is 14.1 Å². The smallest absolute Gasteiger partial charge is 0.0645 e. The molecule has 72 valence electrons. The highest BCUT2D eigenvalue weighted by Crippen LogP contribution is 2.07. The topological polar surface area (TPSA) is 15.7 Å². The van der Waals surface area contributed by atoms with Crippen molar-refractivity contribution in [2.24, 2.45) is 0 Å². The van der Waals surface area contributed by atoms with Gasteiger partial charge in [0.25, 0.3) is 0 Å². The Morgan fingerprint density at radius 3 is 2.42 bits per heavy atom. The van der Waals surface area contributed by atoms with Gasteiger partial charge in [-0.1, -0.05) is 22.6 Å². The van der Waals surface area contributed by atoms with Gasteiger partial charge < -0.3 is 4.74 Å². The number of hydrogen-bond acceptors (Lipinski definition) is 3. The summed E-state index contributed by atoms with van der Waals surface area (Å²) in [5.74, 6) is 0. The van der Waals surface area contributed by atoms with Crippen LogP contribution in [-0.4, -0.2) is 60.8 Å². The lowest BCUT2D eigenvalue weighted by Gasteiger charge is -2.35. The first-order valence-corrected chi connectivity index (χ1v) is 5.79. The zero-order valence-corrected chi connectivity index (χ0v) is 9.95. The molecule has 4 heteroatoms. The van der Waals surface area contributed by atoms with Crippen molar-refractivity contribution in [3.63, 3.8) is 0 Å². The van der Waals surface area contributed by atoms with E-state index in [1.807, 2.05) is 0 Å². The number of alkyl halides is 1. The molecule has 0 aromatic heterocycles. The highest BCUT2D eigenvalue weighted by molar-refractivity contribution is 14.1. The van der Waals surface area contributed by atoms with Gasteiger partial charge in [0.05, 0.1) is 23.8 Å². The third-order valence-electron chi connectivity index (χ3n) is 2.28. The molecule has 1 aliphatic heterocycles. The van der Waals surface area contributed by atoms with Crippen LogP contribution in [-0.2, 0) is 4.74 Å². The Morgan fingerprint density at radius 2 is 2.00 bits per heavy atom. The molecule has 0 saturated carbocycles. The summed E-state index contributed by atoms with van der Waals surface area (Å²) in [4.78, 5) is 4.70. The molecule has 0 aromatic rings. The van der Waals surface area contributed by atoms with Crippen LogP contribution in [0.1, 0.15) is 0 Å². The molecule has 1 fully saturated rings. The Bertz CT molecular complexity index is 130. The SMILES string of the molecule is CN(CI)CCN(C)C1COC1. The summed E-state index contributed by atoms with van der Waals surface area (Å²) in [7, 11) is 4.33. The molecule has 1 rings (SSSR count). The first kappa shape index (κ1) is 10.7. The van der Waals surface area contributed by atoms with Crippen molar-refractivity contribution in [1.82, 2.24) is 9.80 Å². The van der Waals surface area contributed by atoms with E-state index in [1.54, 1.807) is 0 Å². The quantitative estimate of drug-likeness (QED) is 0.419. The van der Waals surface area contributed by atoms with Gasteiger partial charge in [-0.2, -0.15) is 0 Å². The van der Waals surface area contributed by atoms with Crippen LogP contribution in [0.2, 0.25) is 0 Å². The molecule has 0 aromatic carbocycles. The average Bonchev–Trinajstić information content (AvgIpc) is 1.97. The molecule has 0 bridgehead atoms. The first-order chi connectivity index (χ1) is 5.74. The Labute approximate surface area is 88.2 Å². The molecule has 0 radical (unpaired) electrons. The van der Waals surface area contributed by atoms with E-state index in [-0.39, 0.29) is 0 Å². The second kappa shape index (κ2) is 5.36. The Hall–Kier alpha value is 0.610. The molecule has 0 N–H and O–H groups in total. The number of hydrogen-bond donors (Lipinski definition) is 0. The molecule has 1 saturated heterocycles. The molecule has 1 heterocycles. The fraction of sp³-hybridized carbons (Fsp3) is 1.00. The Balaban J connectivity index is 2.05. The summed E-state index contributed by atoms with van der Waals surface area (Å²) in [6, 6.07) is 0.674. The van der Waals surface area contributed by atoms with Crippen molar-refractivity contribution in [1.29, 1.82) is 0 Å². The minimum absolute atomic E-state index is 0.674. The van der Waals surface area contributed by atoms with Crippen molar-refractivity contribution >= 4 is 22.6 Å². The Morgan fingerprint density at radius 1 is 1.33 bits per heavy atom. The predicted molar refractivity (Wildman–Crippen MR) is 58.8 cm³/mol. The van der Waals surface area contributed by atoms with E-state index in [2.05, 4.69) is 46.5 Å². The molecule has 0 unspecified atom stereocenters. The monoisotopic (exact) mass is 284 g/mol. The molecule has 0 spiro atoms. The van der Waals surface area contributed by atoms with Crippen LogP contribution < -0.4 is 0 Å². The van der Waals surface area contributed by atoms with Crippen LogP contribution >= 0.6 is 22.6 Å². The van der Waals surface area contributed by atoms with E-state index >= 15 is 0 Å². The highest BCUT2D eigenvalue weighted by Gasteiger charge is 2.22. The molecule has 0 aliphatic carbocycles. The van der Waals surface area contributed by atoms with Gasteiger partial charge in [-0.25, -0.2) is 0 Å². The van der Waals surface area contributed by atoms with Crippen molar-refractivity contribution in [2.75, 3.05) is 45.0 Å². The third kappa shape index (κ3) is 3.16. The van der Waals surface area contributed by atoms with Gasteiger partial charge in [0.1, 0.15) is 0 Å². The van der Waals surface area contributed by atoms with E-state index in [1.165, 1.54) is 0 Å². The minimum Gasteiger partial charge on any atom is -0.378 e. The summed E-state index contributed by atoms with van der Waals surface area (Å²) < 4.78 is 6.24. The fourth-order valence-electron chi connectivity index (χ4n) is 1.05. The van der Waals surface area contributed by atoms with E-state index in [0.717, 1.165) is 30.9 Å². The Kier molecular flexibility index (Phi) is 4.78. The predicted octanol–water partition coefficient (Wildman–Crippen LogP) is 0.641. The van der Waals surface area contributed by atoms with Gasteiger partial charge in [0, 0.05) is 13.1 Å². The highest BCUT2D eigenvalue weighted by atomic mass is 127. The maximum Gasteiger partial charge on any atom is 0.0645 e. The zero-order valence-electron chi connectivity index (χ0n) is 7.79. The maximum atomic E-state index is 5.13. The zero-order chi connectivity index (χ0) is 8.97. The largest absolute Gasteiger partial charge is 0.378 e. The number of likely N-dealkylation sites (N-methyl/N-ethyl adjacent to an activating group) is 2. The van der Waals surface area contributed by atoms with Gasteiger partial charge in [-0.3, -0.25) is 9.80 Å². The van der Waals surface area contributed by atoms with Gasteiger partial charge in [-0.15, -0.1) is 0 Å². The van der Waals surface area contributed by atoms with E-state index in [9.17, 15) is 0 Å². The van der Waals surface area contributed by atoms with Gasteiger partial charge in [0.15, 0.2) is 0 Å². The molecule has 3 nitrogen and oxygen atoms in total. The number of halogens is 1. The lowest BCUT2D eigenvalue weighted by atomic mass is 10.2. The summed E-state index contributed by atoms with van der Waals surface area (Å²) in [6.07, 6.45) is 0. The average molecular weight is 284 g/mol. The minimum atomic E-state index is 0.674. The van der Waals surface area contributed by atoms with Crippen LogP contribution in [0.5, 0.6) is 0 Å². The van der Waals surface area contributed by atoms with Crippen LogP contribution in [0.15, 0.2) is 0 Å². The van der Waals surface area contributed by atoms with Gasteiger partial charge >= 0.3 is 0 Å². The van der Waals surface area contributed by atoms with Crippen LogP contribution in [0.4, 0.5) is 0 Å². The molecule has 0 amide bonds. The van der Waals surface area contributed by atoms with Crippen LogP contribution in [0, 0.1) is 0 Å². The molecular weight excluding hydrogens is 267 g/mol. The fourth-order valence-corrected chi connectivity index (χ4v) is 1.39. The lowest BCUT2D eigenvalue weighted by Crippen LogP contribution is -2.48.